The summed E-state index contributed by atoms with van der Waals surface area (Å²) in [7, 11) is 1.41. The van der Waals surface area contributed by atoms with Crippen LogP contribution >= 0.6 is 0 Å². The van der Waals surface area contributed by atoms with Crippen LogP contribution in [0.3, 0.4) is 0 Å². The van der Waals surface area contributed by atoms with Gasteiger partial charge < -0.3 is 59.4 Å². The highest BCUT2D eigenvalue weighted by Crippen LogP contribution is 2.76. The van der Waals surface area contributed by atoms with Crippen molar-refractivity contribution < 1.29 is 69.0 Å². The van der Waals surface area contributed by atoms with Crippen molar-refractivity contribution in [1.82, 2.24) is 0 Å². The Morgan fingerprint density at radius 3 is 2.18 bits per heavy atom. The Balaban J connectivity index is 1.10. The van der Waals surface area contributed by atoms with E-state index in [0.717, 1.165) is 32.1 Å². The maximum absolute atomic E-state index is 13.1. The lowest BCUT2D eigenvalue weighted by molar-refractivity contribution is -0.357. The van der Waals surface area contributed by atoms with E-state index in [4.69, 9.17) is 23.7 Å². The molecule has 0 aromatic rings. The summed E-state index contributed by atoms with van der Waals surface area (Å²) in [6.07, 6.45) is -3.90. The fourth-order valence-electron chi connectivity index (χ4n) is 13.7. The zero-order valence-electron chi connectivity index (χ0n) is 34.1. The molecule has 2 saturated heterocycles. The van der Waals surface area contributed by atoms with Crippen LogP contribution in [-0.4, -0.2) is 129 Å². The molecule has 5 aliphatic carbocycles. The van der Waals surface area contributed by atoms with Gasteiger partial charge in [0.05, 0.1) is 37.3 Å². The van der Waals surface area contributed by atoms with Gasteiger partial charge in [0.25, 0.3) is 0 Å². The Morgan fingerprint density at radius 1 is 0.821 bits per heavy atom. The van der Waals surface area contributed by atoms with E-state index in [1.54, 1.807) is 0 Å². The second-order valence-electron chi connectivity index (χ2n) is 20.1. The lowest BCUT2D eigenvalue weighted by Gasteiger charge is -2.71. The molecule has 0 aromatic heterocycles. The summed E-state index contributed by atoms with van der Waals surface area (Å²) in [5.74, 6) is -0.698. The van der Waals surface area contributed by atoms with Gasteiger partial charge in [-0.1, -0.05) is 46.3 Å². The number of carboxylic acids is 1. The van der Waals surface area contributed by atoms with Crippen molar-refractivity contribution in [1.29, 1.82) is 0 Å². The minimum atomic E-state index is -1.70. The van der Waals surface area contributed by atoms with Crippen LogP contribution in [0.15, 0.2) is 11.6 Å². The lowest BCUT2D eigenvalue weighted by atomic mass is 9.33. The predicted molar refractivity (Wildman–Crippen MR) is 198 cm³/mol. The minimum Gasteiger partial charge on any atom is -0.481 e. The molecule has 7 aliphatic rings. The fourth-order valence-corrected chi connectivity index (χ4v) is 13.7. The highest BCUT2D eigenvalue weighted by Gasteiger charge is 2.70. The summed E-state index contributed by atoms with van der Waals surface area (Å²) >= 11 is 0. The summed E-state index contributed by atoms with van der Waals surface area (Å²) in [5.41, 5.74) is -1.18. The predicted octanol–water partition coefficient (Wildman–Crippen LogP) is 2.67. The first-order valence-corrected chi connectivity index (χ1v) is 20.8. The monoisotopic (exact) mass is 794 g/mol. The van der Waals surface area contributed by atoms with Gasteiger partial charge in [-0.2, -0.15) is 0 Å². The van der Waals surface area contributed by atoms with Crippen molar-refractivity contribution in [2.75, 3.05) is 20.3 Å². The van der Waals surface area contributed by atoms with Crippen molar-refractivity contribution in [2.24, 2.45) is 50.2 Å². The third-order valence-corrected chi connectivity index (χ3v) is 17.3. The number of aliphatic hydroxyl groups is 6. The summed E-state index contributed by atoms with van der Waals surface area (Å²) < 4.78 is 29.1. The molecular formula is C42H66O14. The molecule has 7 rings (SSSR count). The van der Waals surface area contributed by atoms with Crippen LogP contribution in [0.25, 0.3) is 0 Å². The largest absolute Gasteiger partial charge is 0.481 e. The Bertz CT molecular complexity index is 1550. The SMILES string of the molecule is COC(=O)[C@@]1(C)CC[C@]2(C(=O)O)CC[C@]3(C)C(=CC[C@@H]4[C@@]5(C)CC[C@H](O[C@@H]6OC[C@H](O)[C@H](O[C@@H]7O[C@H](CO)[C@@H](O)[C@H](O)[C@H]7O)[C@H]6O)C(C)(C)[C@@H]5CC[C@]43C)[C@@H]2C1. The fraction of sp³-hybridized carbons (Fsp3) is 0.905. The number of rotatable bonds is 7. The topological polar surface area (TPSA) is 222 Å². The average molecular weight is 795 g/mol. The Labute approximate surface area is 329 Å². The van der Waals surface area contributed by atoms with Crippen molar-refractivity contribution >= 4 is 11.9 Å². The Hall–Kier alpha value is -1.72. The van der Waals surface area contributed by atoms with E-state index in [0.29, 0.717) is 38.0 Å². The highest BCUT2D eigenvalue weighted by atomic mass is 16.7. The molecule has 2 aliphatic heterocycles. The van der Waals surface area contributed by atoms with E-state index < -0.39 is 78.7 Å². The number of carboxylic acid groups (broad SMARTS) is 1. The normalized spacial score (nSPS) is 52.7. The Morgan fingerprint density at radius 2 is 1.52 bits per heavy atom. The molecule has 0 radical (unpaired) electrons. The molecule has 0 bridgehead atoms. The van der Waals surface area contributed by atoms with Gasteiger partial charge in [-0.05, 0) is 111 Å². The zero-order valence-corrected chi connectivity index (χ0v) is 34.1. The molecule has 0 spiro atoms. The number of allylic oxidation sites excluding steroid dienone is 2. The summed E-state index contributed by atoms with van der Waals surface area (Å²) in [6.45, 7) is 12.7. The van der Waals surface area contributed by atoms with Crippen LogP contribution < -0.4 is 0 Å². The van der Waals surface area contributed by atoms with E-state index >= 15 is 0 Å². The second kappa shape index (κ2) is 14.5. The number of methoxy groups -OCH3 is 1. The molecule has 56 heavy (non-hydrogen) atoms. The zero-order chi connectivity index (χ0) is 41.0. The van der Waals surface area contributed by atoms with Gasteiger partial charge >= 0.3 is 11.9 Å². The van der Waals surface area contributed by atoms with Crippen LogP contribution in [-0.2, 0) is 33.3 Å². The standard InChI is InChI=1S/C42H66O14/c1-37(2)25-10-13-41(6)26(9-8-21-22-18-38(3,36(51)52-7)14-16-42(22,35(49)50)17-15-40(21,41)5)39(25,4)12-11-27(37)55-33-31(48)32(23(44)20-53-33)56-34-30(47)29(46)28(45)24(19-43)54-34/h8,22-34,43-48H,9-20H2,1-7H3,(H,49,50)/t22-,23-,24+,25-,26+,27-,28+,29-,30+,31+,32-,33-,34-,38-,39-,40+,41+,42-/m0/s1. The molecule has 4 saturated carbocycles. The maximum atomic E-state index is 13.1. The summed E-state index contributed by atoms with van der Waals surface area (Å²) in [6, 6.07) is 0. The number of aliphatic hydroxyl groups excluding tert-OH is 6. The molecule has 18 atom stereocenters. The van der Waals surface area contributed by atoms with Gasteiger partial charge in [-0.3, -0.25) is 9.59 Å². The van der Waals surface area contributed by atoms with Gasteiger partial charge in [0.15, 0.2) is 12.6 Å². The molecule has 0 amide bonds. The van der Waals surface area contributed by atoms with Crippen LogP contribution in [0.2, 0.25) is 0 Å². The molecule has 318 valence electrons. The van der Waals surface area contributed by atoms with Crippen molar-refractivity contribution in [2.45, 2.75) is 167 Å². The molecule has 0 unspecified atom stereocenters. The first-order valence-electron chi connectivity index (χ1n) is 20.8. The van der Waals surface area contributed by atoms with Gasteiger partial charge in [0.2, 0.25) is 0 Å². The van der Waals surface area contributed by atoms with E-state index in [-0.39, 0.29) is 52.2 Å². The number of hydrogen-bond acceptors (Lipinski definition) is 13. The Kier molecular flexibility index (Phi) is 11.0. The summed E-state index contributed by atoms with van der Waals surface area (Å²) in [4.78, 5) is 26.2. The second-order valence-corrected chi connectivity index (χ2v) is 20.1. The van der Waals surface area contributed by atoms with E-state index in [1.807, 2.05) is 6.92 Å². The van der Waals surface area contributed by atoms with Gasteiger partial charge in [-0.15, -0.1) is 0 Å². The number of esters is 1. The molecule has 14 nitrogen and oxygen atoms in total. The number of ether oxygens (including phenoxy) is 5. The smallest absolute Gasteiger partial charge is 0.311 e. The quantitative estimate of drug-likeness (QED) is 0.112. The average Bonchev–Trinajstić information content (AvgIpc) is 3.15. The van der Waals surface area contributed by atoms with E-state index in [1.165, 1.54) is 12.7 Å². The van der Waals surface area contributed by atoms with Crippen LogP contribution in [0.4, 0.5) is 0 Å². The van der Waals surface area contributed by atoms with Gasteiger partial charge in [0.1, 0.15) is 42.7 Å². The van der Waals surface area contributed by atoms with Gasteiger partial charge in [-0.25, -0.2) is 0 Å². The maximum Gasteiger partial charge on any atom is 0.311 e. The number of aliphatic carboxylic acids is 1. The van der Waals surface area contributed by atoms with Crippen LogP contribution in [0.1, 0.15) is 106 Å². The van der Waals surface area contributed by atoms with Crippen LogP contribution in [0, 0.1) is 50.2 Å². The molecule has 0 aromatic carbocycles. The van der Waals surface area contributed by atoms with E-state index in [2.05, 4.69) is 40.7 Å². The lowest BCUT2D eigenvalue weighted by Crippen LogP contribution is -2.66. The number of carbonyl (C=O) groups is 2. The van der Waals surface area contributed by atoms with Crippen molar-refractivity contribution in [3.8, 4) is 0 Å². The van der Waals surface area contributed by atoms with Crippen molar-refractivity contribution in [3.05, 3.63) is 11.6 Å². The van der Waals surface area contributed by atoms with Crippen molar-refractivity contribution in [3.63, 3.8) is 0 Å². The van der Waals surface area contributed by atoms with Gasteiger partial charge in [0, 0.05) is 0 Å². The summed E-state index contributed by atoms with van der Waals surface area (Å²) in [5, 5.41) is 73.7. The third kappa shape index (κ3) is 6.09. The first kappa shape index (κ1) is 42.4. The first-order chi connectivity index (χ1) is 26.1. The minimum absolute atomic E-state index is 0.0766. The highest BCUT2D eigenvalue weighted by molar-refractivity contribution is 5.80. The molecule has 2 heterocycles. The van der Waals surface area contributed by atoms with Crippen LogP contribution in [0.5, 0.6) is 0 Å². The molecule has 14 heteroatoms. The molecule has 6 fully saturated rings. The molecular weight excluding hydrogens is 728 g/mol. The number of hydrogen-bond donors (Lipinski definition) is 7. The molecule has 7 N–H and O–H groups in total. The number of carbonyl (C=O) groups excluding carboxylic acids is 1. The third-order valence-electron chi connectivity index (χ3n) is 17.3. The number of fused-ring (bicyclic) bond motifs is 7. The van der Waals surface area contributed by atoms with E-state index in [9.17, 15) is 45.3 Å².